The van der Waals surface area contributed by atoms with E-state index in [1.807, 2.05) is 18.5 Å². The van der Waals surface area contributed by atoms with Crippen LogP contribution >= 0.6 is 0 Å². The van der Waals surface area contributed by atoms with Crippen LogP contribution in [0.3, 0.4) is 0 Å². The Kier molecular flexibility index (Phi) is 6.48. The summed E-state index contributed by atoms with van der Waals surface area (Å²) in [6, 6.07) is 10.5. The Morgan fingerprint density at radius 1 is 1.32 bits per heavy atom. The van der Waals surface area contributed by atoms with E-state index in [4.69, 9.17) is 5.73 Å². The van der Waals surface area contributed by atoms with E-state index in [0.29, 0.717) is 12.5 Å². The minimum Gasteiger partial charge on any atom is -0.370 e. The number of benzene rings is 1. The zero-order chi connectivity index (χ0) is 15.6. The van der Waals surface area contributed by atoms with Crippen LogP contribution in [0.1, 0.15) is 31.2 Å². The topological polar surface area (TPSA) is 68.2 Å². The molecule has 3 N–H and O–H groups in total. The van der Waals surface area contributed by atoms with Crippen molar-refractivity contribution in [1.29, 1.82) is 0 Å². The van der Waals surface area contributed by atoms with Gasteiger partial charge in [0.15, 0.2) is 5.96 Å². The van der Waals surface area contributed by atoms with E-state index < -0.39 is 0 Å². The molecule has 0 radical (unpaired) electrons. The average Bonchev–Trinajstić information content (AvgIpc) is 2.99. The Hall–Kier alpha value is -2.30. The van der Waals surface area contributed by atoms with Gasteiger partial charge in [0.05, 0.1) is 0 Å². The second-order valence-electron chi connectivity index (χ2n) is 5.25. The molecule has 118 valence electrons. The number of aliphatic imine (C=N–C) groups is 1. The fraction of sp³-hybridized carbons (Fsp3) is 0.412. The first-order valence-electron chi connectivity index (χ1n) is 7.87. The molecule has 0 aliphatic carbocycles. The monoisotopic (exact) mass is 299 g/mol. The van der Waals surface area contributed by atoms with Crippen LogP contribution in [0.25, 0.3) is 0 Å². The molecule has 22 heavy (non-hydrogen) atoms. The molecule has 0 saturated carbocycles. The lowest BCUT2D eigenvalue weighted by atomic mass is 10.1. The molecule has 5 nitrogen and oxygen atoms in total. The van der Waals surface area contributed by atoms with E-state index >= 15 is 0 Å². The fourth-order valence-corrected chi connectivity index (χ4v) is 2.26. The van der Waals surface area contributed by atoms with Crippen molar-refractivity contribution in [3.8, 4) is 0 Å². The number of aromatic nitrogens is 2. The standard InChI is InChI=1S/C17H25N5/c1-2-10-20-17(18)21-14-16-19-11-13-22(16)12-6-9-15-7-4-3-5-8-15/h3-5,7-8,11,13H,2,6,9-10,12,14H2,1H3,(H3,18,20,21). The highest BCUT2D eigenvalue weighted by atomic mass is 15.1. The third-order valence-corrected chi connectivity index (χ3v) is 3.46. The van der Waals surface area contributed by atoms with Gasteiger partial charge in [0, 0.05) is 25.5 Å². The summed E-state index contributed by atoms with van der Waals surface area (Å²) in [6.07, 6.45) is 7.02. The van der Waals surface area contributed by atoms with Crippen molar-refractivity contribution in [2.45, 2.75) is 39.3 Å². The predicted molar refractivity (Wildman–Crippen MR) is 90.6 cm³/mol. The molecule has 0 saturated heterocycles. The van der Waals surface area contributed by atoms with E-state index in [1.54, 1.807) is 0 Å². The van der Waals surface area contributed by atoms with Crippen LogP contribution in [0.15, 0.2) is 47.7 Å². The van der Waals surface area contributed by atoms with Gasteiger partial charge in [0.1, 0.15) is 12.4 Å². The molecule has 1 aromatic heterocycles. The molecule has 2 rings (SSSR count). The van der Waals surface area contributed by atoms with Gasteiger partial charge in [-0.15, -0.1) is 0 Å². The van der Waals surface area contributed by atoms with Gasteiger partial charge >= 0.3 is 0 Å². The van der Waals surface area contributed by atoms with Gasteiger partial charge < -0.3 is 15.6 Å². The largest absolute Gasteiger partial charge is 0.370 e. The highest BCUT2D eigenvalue weighted by Gasteiger charge is 2.02. The summed E-state index contributed by atoms with van der Waals surface area (Å²) in [5, 5.41) is 3.07. The highest BCUT2D eigenvalue weighted by molar-refractivity contribution is 5.77. The number of nitrogens with one attached hydrogen (secondary N) is 1. The van der Waals surface area contributed by atoms with Crippen molar-refractivity contribution in [3.05, 3.63) is 54.1 Å². The van der Waals surface area contributed by atoms with Gasteiger partial charge in [0.25, 0.3) is 0 Å². The Labute approximate surface area is 132 Å². The molecular formula is C17H25N5. The van der Waals surface area contributed by atoms with Gasteiger partial charge in [-0.2, -0.15) is 0 Å². The van der Waals surface area contributed by atoms with Crippen LogP contribution in [0.2, 0.25) is 0 Å². The van der Waals surface area contributed by atoms with E-state index in [0.717, 1.165) is 38.2 Å². The maximum Gasteiger partial charge on any atom is 0.189 e. The van der Waals surface area contributed by atoms with Gasteiger partial charge in [-0.25, -0.2) is 9.98 Å². The zero-order valence-corrected chi connectivity index (χ0v) is 13.2. The number of aryl methyl sites for hydroxylation is 2. The first kappa shape index (κ1) is 16.1. The van der Waals surface area contributed by atoms with Gasteiger partial charge in [-0.3, -0.25) is 0 Å². The minimum atomic E-state index is 0.487. The molecule has 5 heteroatoms. The smallest absolute Gasteiger partial charge is 0.189 e. The molecule has 0 fully saturated rings. The number of hydrogen-bond acceptors (Lipinski definition) is 2. The minimum absolute atomic E-state index is 0.487. The molecule has 0 aliphatic heterocycles. The van der Waals surface area contributed by atoms with Gasteiger partial charge in [-0.1, -0.05) is 37.3 Å². The first-order valence-corrected chi connectivity index (χ1v) is 7.87. The third-order valence-electron chi connectivity index (χ3n) is 3.46. The van der Waals surface area contributed by atoms with Crippen molar-refractivity contribution < 1.29 is 0 Å². The molecule has 0 unspecified atom stereocenters. The molecule has 1 aromatic carbocycles. The first-order chi connectivity index (χ1) is 10.8. The Bertz CT molecular complexity index is 574. The molecule has 2 aromatic rings. The van der Waals surface area contributed by atoms with E-state index in [2.05, 4.69) is 51.0 Å². The van der Waals surface area contributed by atoms with Crippen LogP contribution in [0.5, 0.6) is 0 Å². The summed E-state index contributed by atoms with van der Waals surface area (Å²) in [5.41, 5.74) is 7.17. The SMILES string of the molecule is CCCNC(N)=NCc1nccn1CCCc1ccccc1. The third kappa shape index (κ3) is 5.24. The average molecular weight is 299 g/mol. The summed E-state index contributed by atoms with van der Waals surface area (Å²) < 4.78 is 2.15. The van der Waals surface area contributed by atoms with Crippen LogP contribution in [-0.2, 0) is 19.5 Å². The number of imidazole rings is 1. The van der Waals surface area contributed by atoms with Crippen molar-refractivity contribution >= 4 is 5.96 Å². The fourth-order valence-electron chi connectivity index (χ4n) is 2.26. The molecule has 0 spiro atoms. The lowest BCUT2D eigenvalue weighted by Gasteiger charge is -2.07. The summed E-state index contributed by atoms with van der Waals surface area (Å²) in [5.74, 6) is 1.44. The van der Waals surface area contributed by atoms with Crippen molar-refractivity contribution in [2.24, 2.45) is 10.7 Å². The van der Waals surface area contributed by atoms with E-state index in [1.165, 1.54) is 5.56 Å². The summed E-state index contributed by atoms with van der Waals surface area (Å²) in [4.78, 5) is 8.70. The Morgan fingerprint density at radius 2 is 2.14 bits per heavy atom. The number of guanidine groups is 1. The maximum absolute atomic E-state index is 5.80. The number of rotatable bonds is 8. The summed E-state index contributed by atoms with van der Waals surface area (Å²) in [7, 11) is 0. The van der Waals surface area contributed by atoms with Crippen LogP contribution in [-0.4, -0.2) is 22.1 Å². The molecule has 0 amide bonds. The Morgan fingerprint density at radius 3 is 2.91 bits per heavy atom. The number of nitrogens with zero attached hydrogens (tertiary/aromatic N) is 3. The zero-order valence-electron chi connectivity index (χ0n) is 13.2. The predicted octanol–water partition coefficient (Wildman–Crippen LogP) is 2.33. The number of nitrogens with two attached hydrogens (primary N) is 1. The van der Waals surface area contributed by atoms with E-state index in [-0.39, 0.29) is 0 Å². The normalized spacial score (nSPS) is 11.6. The molecule has 1 heterocycles. The van der Waals surface area contributed by atoms with E-state index in [9.17, 15) is 0 Å². The van der Waals surface area contributed by atoms with Crippen molar-refractivity contribution in [3.63, 3.8) is 0 Å². The van der Waals surface area contributed by atoms with Gasteiger partial charge in [0.2, 0.25) is 0 Å². The summed E-state index contributed by atoms with van der Waals surface area (Å²) >= 11 is 0. The molecular weight excluding hydrogens is 274 g/mol. The van der Waals surface area contributed by atoms with Crippen LogP contribution < -0.4 is 11.1 Å². The Balaban J connectivity index is 1.82. The van der Waals surface area contributed by atoms with Crippen molar-refractivity contribution in [1.82, 2.24) is 14.9 Å². The highest BCUT2D eigenvalue weighted by Crippen LogP contribution is 2.06. The molecule has 0 bridgehead atoms. The second kappa shape index (κ2) is 8.87. The second-order valence-corrected chi connectivity index (χ2v) is 5.25. The van der Waals surface area contributed by atoms with Gasteiger partial charge in [-0.05, 0) is 24.8 Å². The van der Waals surface area contributed by atoms with Crippen LogP contribution in [0.4, 0.5) is 0 Å². The number of hydrogen-bond donors (Lipinski definition) is 2. The summed E-state index contributed by atoms with van der Waals surface area (Å²) in [6.45, 7) is 4.41. The molecule has 0 aliphatic rings. The lowest BCUT2D eigenvalue weighted by Crippen LogP contribution is -2.32. The lowest BCUT2D eigenvalue weighted by molar-refractivity contribution is 0.611. The quantitative estimate of drug-likeness (QED) is 0.580. The van der Waals surface area contributed by atoms with Crippen molar-refractivity contribution in [2.75, 3.05) is 6.54 Å². The molecule has 0 atom stereocenters. The maximum atomic E-state index is 5.80. The van der Waals surface area contributed by atoms with Crippen LogP contribution in [0, 0.1) is 0 Å².